The van der Waals surface area contributed by atoms with Gasteiger partial charge in [-0.15, -0.1) is 0 Å². The van der Waals surface area contributed by atoms with E-state index in [2.05, 4.69) is 5.10 Å². The fraction of sp³-hybridized carbons (Fsp3) is 0.412. The molecular weight excluding hydrogens is 248 g/mol. The molecular formula is C17H20N2O. The molecule has 0 aliphatic heterocycles. The average Bonchev–Trinajstić information content (AvgIpc) is 2.99. The van der Waals surface area contributed by atoms with Gasteiger partial charge in [-0.1, -0.05) is 50.3 Å². The number of benzene rings is 1. The summed E-state index contributed by atoms with van der Waals surface area (Å²) < 4.78 is 1.76. The van der Waals surface area contributed by atoms with Crippen LogP contribution in [0.3, 0.4) is 0 Å². The van der Waals surface area contributed by atoms with Crippen molar-refractivity contribution in [2.75, 3.05) is 0 Å². The first-order valence-electron chi connectivity index (χ1n) is 7.47. The van der Waals surface area contributed by atoms with Gasteiger partial charge in [0.05, 0.1) is 11.9 Å². The fourth-order valence-corrected chi connectivity index (χ4v) is 3.05. The number of ketones is 1. The highest BCUT2D eigenvalue weighted by Gasteiger charge is 2.20. The van der Waals surface area contributed by atoms with Crippen molar-refractivity contribution < 1.29 is 4.79 Å². The second kappa shape index (κ2) is 6.04. The zero-order valence-corrected chi connectivity index (χ0v) is 11.7. The zero-order valence-electron chi connectivity index (χ0n) is 11.7. The molecule has 0 N–H and O–H groups in total. The van der Waals surface area contributed by atoms with Gasteiger partial charge in [-0.25, -0.2) is 4.68 Å². The van der Waals surface area contributed by atoms with Crippen LogP contribution in [0.2, 0.25) is 0 Å². The Morgan fingerprint density at radius 1 is 1.10 bits per heavy atom. The van der Waals surface area contributed by atoms with Crippen molar-refractivity contribution in [1.29, 1.82) is 0 Å². The van der Waals surface area contributed by atoms with Gasteiger partial charge in [0, 0.05) is 6.42 Å². The van der Waals surface area contributed by atoms with Crippen molar-refractivity contribution in [3.8, 4) is 5.69 Å². The number of rotatable bonds is 4. The van der Waals surface area contributed by atoms with Gasteiger partial charge in [0.25, 0.3) is 0 Å². The number of aromatic nitrogens is 2. The van der Waals surface area contributed by atoms with E-state index in [-0.39, 0.29) is 5.78 Å². The lowest BCUT2D eigenvalue weighted by atomic mass is 9.85. The van der Waals surface area contributed by atoms with E-state index in [4.69, 9.17) is 0 Å². The van der Waals surface area contributed by atoms with Crippen molar-refractivity contribution in [3.05, 3.63) is 48.3 Å². The van der Waals surface area contributed by atoms with E-state index in [0.29, 0.717) is 18.0 Å². The number of hydrogen-bond acceptors (Lipinski definition) is 2. The van der Waals surface area contributed by atoms with E-state index in [1.165, 1.54) is 32.1 Å². The summed E-state index contributed by atoms with van der Waals surface area (Å²) >= 11 is 0. The fourth-order valence-electron chi connectivity index (χ4n) is 3.05. The standard InChI is InChI=1S/C17H20N2O/c20-17(13-14-7-3-1-4-8-14)16-11-12-18-19(16)15-9-5-2-6-10-15/h2,5-6,9-12,14H,1,3-4,7-8,13H2. The third kappa shape index (κ3) is 2.82. The molecule has 0 unspecified atom stereocenters. The first-order chi connectivity index (χ1) is 9.84. The molecule has 0 radical (unpaired) electrons. The highest BCUT2D eigenvalue weighted by atomic mass is 16.1. The second-order valence-corrected chi connectivity index (χ2v) is 5.60. The summed E-state index contributed by atoms with van der Waals surface area (Å²) in [5.74, 6) is 0.786. The summed E-state index contributed by atoms with van der Waals surface area (Å²) in [6.45, 7) is 0. The van der Waals surface area contributed by atoms with Crippen molar-refractivity contribution in [2.24, 2.45) is 5.92 Å². The number of Topliss-reactive ketones (excluding diaryl/α,β-unsaturated/α-hetero) is 1. The van der Waals surface area contributed by atoms with E-state index in [1.54, 1.807) is 10.9 Å². The topological polar surface area (TPSA) is 34.9 Å². The van der Waals surface area contributed by atoms with E-state index >= 15 is 0 Å². The Balaban J connectivity index is 1.77. The minimum atomic E-state index is 0.221. The van der Waals surface area contributed by atoms with Crippen LogP contribution in [0.5, 0.6) is 0 Å². The molecule has 0 bridgehead atoms. The van der Waals surface area contributed by atoms with Crippen LogP contribution in [-0.2, 0) is 0 Å². The number of nitrogens with zero attached hydrogens (tertiary/aromatic N) is 2. The van der Waals surface area contributed by atoms with Crippen LogP contribution in [0.1, 0.15) is 49.0 Å². The Kier molecular flexibility index (Phi) is 3.95. The lowest BCUT2D eigenvalue weighted by molar-refractivity contribution is 0.0942. The molecule has 1 aliphatic rings. The summed E-state index contributed by atoms with van der Waals surface area (Å²) in [6.07, 6.45) is 8.65. The van der Waals surface area contributed by atoms with Gasteiger partial charge >= 0.3 is 0 Å². The molecule has 0 saturated heterocycles. The number of carbonyl (C=O) groups is 1. The zero-order chi connectivity index (χ0) is 13.8. The average molecular weight is 268 g/mol. The molecule has 1 aliphatic carbocycles. The predicted octanol–water partition coefficient (Wildman–Crippen LogP) is 4.03. The maximum atomic E-state index is 12.5. The van der Waals surface area contributed by atoms with Gasteiger partial charge in [0.15, 0.2) is 5.78 Å². The predicted molar refractivity (Wildman–Crippen MR) is 79.1 cm³/mol. The minimum Gasteiger partial charge on any atom is -0.292 e. The molecule has 1 aromatic carbocycles. The molecule has 3 nitrogen and oxygen atoms in total. The number of carbonyl (C=O) groups excluding carboxylic acids is 1. The molecule has 1 saturated carbocycles. The molecule has 20 heavy (non-hydrogen) atoms. The highest BCUT2D eigenvalue weighted by molar-refractivity contribution is 5.95. The molecule has 1 fully saturated rings. The SMILES string of the molecule is O=C(CC1CCCCC1)c1ccnn1-c1ccccc1. The summed E-state index contributed by atoms with van der Waals surface area (Å²) in [5.41, 5.74) is 1.66. The maximum absolute atomic E-state index is 12.5. The van der Waals surface area contributed by atoms with Gasteiger partial charge in [0.1, 0.15) is 5.69 Å². The Morgan fingerprint density at radius 3 is 2.60 bits per heavy atom. The van der Waals surface area contributed by atoms with Crippen molar-refractivity contribution in [3.63, 3.8) is 0 Å². The van der Waals surface area contributed by atoms with E-state index in [9.17, 15) is 4.79 Å². The lowest BCUT2D eigenvalue weighted by Gasteiger charge is -2.20. The molecule has 0 amide bonds. The number of hydrogen-bond donors (Lipinski definition) is 0. The molecule has 0 atom stereocenters. The Labute approximate surface area is 119 Å². The van der Waals surface area contributed by atoms with Crippen LogP contribution < -0.4 is 0 Å². The van der Waals surface area contributed by atoms with Crippen molar-refractivity contribution in [2.45, 2.75) is 38.5 Å². The molecule has 1 heterocycles. The largest absolute Gasteiger partial charge is 0.292 e. The van der Waals surface area contributed by atoms with Crippen LogP contribution in [-0.4, -0.2) is 15.6 Å². The molecule has 104 valence electrons. The third-order valence-corrected chi connectivity index (χ3v) is 4.13. The highest BCUT2D eigenvalue weighted by Crippen LogP contribution is 2.27. The van der Waals surface area contributed by atoms with Crippen LogP contribution in [0.15, 0.2) is 42.6 Å². The summed E-state index contributed by atoms with van der Waals surface area (Å²) in [6, 6.07) is 11.7. The van der Waals surface area contributed by atoms with Crippen LogP contribution in [0.4, 0.5) is 0 Å². The van der Waals surface area contributed by atoms with E-state index in [0.717, 1.165) is 5.69 Å². The van der Waals surface area contributed by atoms with E-state index < -0.39 is 0 Å². The van der Waals surface area contributed by atoms with Crippen LogP contribution >= 0.6 is 0 Å². The van der Waals surface area contributed by atoms with Crippen molar-refractivity contribution >= 4 is 5.78 Å². The van der Waals surface area contributed by atoms with Gasteiger partial charge in [0.2, 0.25) is 0 Å². The Bertz CT molecular complexity index is 568. The smallest absolute Gasteiger partial charge is 0.181 e. The molecule has 1 aromatic heterocycles. The molecule has 2 aromatic rings. The lowest BCUT2D eigenvalue weighted by Crippen LogP contribution is -2.15. The monoisotopic (exact) mass is 268 g/mol. The summed E-state index contributed by atoms with van der Waals surface area (Å²) in [7, 11) is 0. The summed E-state index contributed by atoms with van der Waals surface area (Å²) in [4.78, 5) is 12.5. The van der Waals surface area contributed by atoms with E-state index in [1.807, 2.05) is 36.4 Å². The van der Waals surface area contributed by atoms with Gasteiger partial charge in [-0.3, -0.25) is 4.79 Å². The van der Waals surface area contributed by atoms with Crippen LogP contribution in [0, 0.1) is 5.92 Å². The second-order valence-electron chi connectivity index (χ2n) is 5.60. The third-order valence-electron chi connectivity index (χ3n) is 4.13. The first kappa shape index (κ1) is 13.1. The maximum Gasteiger partial charge on any atom is 0.181 e. The number of para-hydroxylation sites is 1. The Morgan fingerprint density at radius 2 is 1.85 bits per heavy atom. The minimum absolute atomic E-state index is 0.221. The normalized spacial score (nSPS) is 16.2. The van der Waals surface area contributed by atoms with Gasteiger partial charge < -0.3 is 0 Å². The molecule has 0 spiro atoms. The van der Waals surface area contributed by atoms with Gasteiger partial charge in [-0.05, 0) is 24.1 Å². The van der Waals surface area contributed by atoms with Gasteiger partial charge in [-0.2, -0.15) is 5.10 Å². The quantitative estimate of drug-likeness (QED) is 0.785. The molecule has 3 rings (SSSR count). The van der Waals surface area contributed by atoms with Crippen LogP contribution in [0.25, 0.3) is 5.69 Å². The summed E-state index contributed by atoms with van der Waals surface area (Å²) in [5, 5.41) is 4.30. The Hall–Kier alpha value is -1.90. The first-order valence-corrected chi connectivity index (χ1v) is 7.47. The van der Waals surface area contributed by atoms with Crippen molar-refractivity contribution in [1.82, 2.24) is 9.78 Å². The molecule has 3 heteroatoms.